The molecule has 0 atom stereocenters. The molecule has 1 heterocycles. The minimum Gasteiger partial charge on any atom is -0.497 e. The van der Waals surface area contributed by atoms with E-state index in [0.717, 1.165) is 4.70 Å². The first-order chi connectivity index (χ1) is 11.1. The molecule has 118 valence electrons. The summed E-state index contributed by atoms with van der Waals surface area (Å²) in [5.74, 6) is 1.06. The third-order valence-corrected chi connectivity index (χ3v) is 4.68. The van der Waals surface area contributed by atoms with Crippen LogP contribution in [0.3, 0.4) is 0 Å². The summed E-state index contributed by atoms with van der Waals surface area (Å²) in [5, 5.41) is 3.81. The normalized spacial score (nSPS) is 10.6. The van der Waals surface area contributed by atoms with Crippen LogP contribution < -0.4 is 14.8 Å². The second kappa shape index (κ2) is 6.44. The number of ether oxygens (including phenoxy) is 2. The summed E-state index contributed by atoms with van der Waals surface area (Å²) in [4.78, 5) is 16.7. The second-order valence-electron chi connectivity index (χ2n) is 4.63. The summed E-state index contributed by atoms with van der Waals surface area (Å²) in [6.45, 7) is 0. The number of nitrogens with one attached hydrogen (secondary N) is 1. The van der Waals surface area contributed by atoms with Gasteiger partial charge < -0.3 is 9.47 Å². The molecule has 1 N–H and O–H groups in total. The van der Waals surface area contributed by atoms with Crippen LogP contribution in [0.4, 0.5) is 5.13 Å². The number of carbonyl (C=O) groups is 1. The van der Waals surface area contributed by atoms with Gasteiger partial charge in [0.15, 0.2) is 5.13 Å². The summed E-state index contributed by atoms with van der Waals surface area (Å²) in [7, 11) is 3.14. The average molecular weight is 349 g/mol. The SMILES string of the molecule is COc1ccc(C(=O)Nc2nc3c(OC)ccc(Cl)c3s2)cc1. The summed E-state index contributed by atoms with van der Waals surface area (Å²) in [6, 6.07) is 10.3. The molecule has 0 aliphatic rings. The fraction of sp³-hybridized carbons (Fsp3) is 0.125. The number of halogens is 1. The van der Waals surface area contributed by atoms with Crippen LogP contribution in [0.5, 0.6) is 11.5 Å². The fourth-order valence-electron chi connectivity index (χ4n) is 2.08. The lowest BCUT2D eigenvalue weighted by Crippen LogP contribution is -2.11. The molecule has 0 spiro atoms. The van der Waals surface area contributed by atoms with Gasteiger partial charge >= 0.3 is 0 Å². The zero-order valence-corrected chi connectivity index (χ0v) is 14.0. The lowest BCUT2D eigenvalue weighted by Gasteiger charge is -2.03. The van der Waals surface area contributed by atoms with Crippen LogP contribution in [-0.4, -0.2) is 25.1 Å². The maximum Gasteiger partial charge on any atom is 0.257 e. The number of benzene rings is 2. The van der Waals surface area contributed by atoms with Crippen molar-refractivity contribution < 1.29 is 14.3 Å². The van der Waals surface area contributed by atoms with Gasteiger partial charge in [-0.15, -0.1) is 0 Å². The molecule has 0 saturated heterocycles. The van der Waals surface area contributed by atoms with Gasteiger partial charge in [0, 0.05) is 5.56 Å². The summed E-state index contributed by atoms with van der Waals surface area (Å²) in [6.07, 6.45) is 0. The van der Waals surface area contributed by atoms with Gasteiger partial charge in [0.2, 0.25) is 0 Å². The highest BCUT2D eigenvalue weighted by Crippen LogP contribution is 2.37. The fourth-order valence-corrected chi connectivity index (χ4v) is 3.23. The lowest BCUT2D eigenvalue weighted by molar-refractivity contribution is 0.102. The molecule has 3 rings (SSSR count). The van der Waals surface area contributed by atoms with E-state index < -0.39 is 0 Å². The molecule has 1 aromatic heterocycles. The first-order valence-electron chi connectivity index (χ1n) is 6.71. The van der Waals surface area contributed by atoms with Crippen LogP contribution in [-0.2, 0) is 0 Å². The Morgan fingerprint density at radius 2 is 1.87 bits per heavy atom. The van der Waals surface area contributed by atoms with Gasteiger partial charge in [0.1, 0.15) is 17.0 Å². The summed E-state index contributed by atoms with van der Waals surface area (Å²) in [5.41, 5.74) is 1.15. The van der Waals surface area contributed by atoms with E-state index >= 15 is 0 Å². The van der Waals surface area contributed by atoms with Crippen LogP contribution in [0, 0.1) is 0 Å². The summed E-state index contributed by atoms with van der Waals surface area (Å²) >= 11 is 7.48. The lowest BCUT2D eigenvalue weighted by atomic mass is 10.2. The van der Waals surface area contributed by atoms with Gasteiger partial charge in [-0.1, -0.05) is 22.9 Å². The Balaban J connectivity index is 1.88. The number of hydrogen-bond acceptors (Lipinski definition) is 5. The molecule has 1 amide bonds. The van der Waals surface area contributed by atoms with Gasteiger partial charge in [-0.25, -0.2) is 4.98 Å². The van der Waals surface area contributed by atoms with E-state index in [4.69, 9.17) is 21.1 Å². The molecule has 0 saturated carbocycles. The Morgan fingerprint density at radius 1 is 1.13 bits per heavy atom. The number of fused-ring (bicyclic) bond motifs is 1. The van der Waals surface area contributed by atoms with Crippen molar-refractivity contribution in [1.29, 1.82) is 0 Å². The topological polar surface area (TPSA) is 60.5 Å². The molecular formula is C16H13ClN2O3S. The first-order valence-corrected chi connectivity index (χ1v) is 7.90. The Kier molecular flexibility index (Phi) is 4.36. The molecule has 0 radical (unpaired) electrons. The number of amides is 1. The van der Waals surface area contributed by atoms with Crippen LogP contribution in [0.2, 0.25) is 5.02 Å². The first kappa shape index (κ1) is 15.6. The minimum atomic E-state index is -0.248. The number of thiazole rings is 1. The van der Waals surface area contributed by atoms with Gasteiger partial charge in [-0.2, -0.15) is 0 Å². The highest BCUT2D eigenvalue weighted by Gasteiger charge is 2.14. The largest absolute Gasteiger partial charge is 0.497 e. The van der Waals surface area contributed by atoms with Crippen molar-refractivity contribution in [2.24, 2.45) is 0 Å². The van der Waals surface area contributed by atoms with Crippen molar-refractivity contribution in [3.63, 3.8) is 0 Å². The van der Waals surface area contributed by atoms with Crippen LogP contribution in [0.25, 0.3) is 10.2 Å². The predicted octanol–water partition coefficient (Wildman–Crippen LogP) is 4.22. The van der Waals surface area contributed by atoms with Gasteiger partial charge in [0.25, 0.3) is 5.91 Å². The van der Waals surface area contributed by atoms with Crippen LogP contribution in [0.15, 0.2) is 36.4 Å². The highest BCUT2D eigenvalue weighted by molar-refractivity contribution is 7.23. The molecule has 23 heavy (non-hydrogen) atoms. The molecule has 0 aliphatic heterocycles. The number of hydrogen-bond donors (Lipinski definition) is 1. The van der Waals surface area contributed by atoms with Gasteiger partial charge in [-0.05, 0) is 36.4 Å². The van der Waals surface area contributed by atoms with E-state index in [-0.39, 0.29) is 5.91 Å². The van der Waals surface area contributed by atoms with Crippen molar-refractivity contribution in [2.45, 2.75) is 0 Å². The zero-order chi connectivity index (χ0) is 16.4. The molecule has 0 aliphatic carbocycles. The highest BCUT2D eigenvalue weighted by atomic mass is 35.5. The van der Waals surface area contributed by atoms with Gasteiger partial charge in [-0.3, -0.25) is 10.1 Å². The Bertz CT molecular complexity index is 862. The monoisotopic (exact) mass is 348 g/mol. The van der Waals surface area contributed by atoms with Crippen LogP contribution >= 0.6 is 22.9 Å². The molecule has 2 aromatic carbocycles. The maximum absolute atomic E-state index is 12.3. The molecular weight excluding hydrogens is 336 g/mol. The second-order valence-corrected chi connectivity index (χ2v) is 6.04. The molecule has 7 heteroatoms. The van der Waals surface area contributed by atoms with E-state index in [1.807, 2.05) is 0 Å². The number of methoxy groups -OCH3 is 2. The Hall–Kier alpha value is -2.31. The quantitative estimate of drug-likeness (QED) is 0.766. The van der Waals surface area contributed by atoms with Crippen LogP contribution in [0.1, 0.15) is 10.4 Å². The number of nitrogens with zero attached hydrogens (tertiary/aromatic N) is 1. The minimum absolute atomic E-state index is 0.248. The van der Waals surface area contributed by atoms with E-state index in [9.17, 15) is 4.79 Å². The molecule has 3 aromatic rings. The van der Waals surface area contributed by atoms with Crippen molar-refractivity contribution in [2.75, 3.05) is 19.5 Å². The third kappa shape index (κ3) is 3.09. The smallest absolute Gasteiger partial charge is 0.257 e. The molecule has 0 fully saturated rings. The molecule has 0 bridgehead atoms. The predicted molar refractivity (Wildman–Crippen MR) is 92.1 cm³/mol. The van der Waals surface area contributed by atoms with E-state index in [1.165, 1.54) is 11.3 Å². The molecule has 0 unspecified atom stereocenters. The van der Waals surface area contributed by atoms with Crippen molar-refractivity contribution in [3.8, 4) is 11.5 Å². The molecule has 5 nitrogen and oxygen atoms in total. The van der Waals surface area contributed by atoms with Gasteiger partial charge in [0.05, 0.1) is 23.9 Å². The van der Waals surface area contributed by atoms with Crippen molar-refractivity contribution in [1.82, 2.24) is 4.98 Å². The van der Waals surface area contributed by atoms with Crippen molar-refractivity contribution in [3.05, 3.63) is 47.0 Å². The van der Waals surface area contributed by atoms with Crippen molar-refractivity contribution >= 4 is 44.2 Å². The maximum atomic E-state index is 12.3. The zero-order valence-electron chi connectivity index (χ0n) is 12.4. The summed E-state index contributed by atoms with van der Waals surface area (Å²) < 4.78 is 11.1. The van der Waals surface area contributed by atoms with E-state index in [0.29, 0.717) is 32.7 Å². The standard InChI is InChI=1S/C16H13ClN2O3S/c1-21-10-5-3-9(4-6-10)15(20)19-16-18-13-12(22-2)8-7-11(17)14(13)23-16/h3-8H,1-2H3,(H,18,19,20). The average Bonchev–Trinajstić information content (AvgIpc) is 3.00. The third-order valence-electron chi connectivity index (χ3n) is 3.25. The number of carbonyl (C=O) groups excluding carboxylic acids is 1. The Labute approximate surface area is 141 Å². The number of rotatable bonds is 4. The number of anilines is 1. The number of aromatic nitrogens is 1. The van der Waals surface area contributed by atoms with E-state index in [2.05, 4.69) is 10.3 Å². The van der Waals surface area contributed by atoms with E-state index in [1.54, 1.807) is 50.6 Å². The Morgan fingerprint density at radius 3 is 2.52 bits per heavy atom.